The van der Waals surface area contributed by atoms with E-state index in [1.165, 1.54) is 0 Å². The summed E-state index contributed by atoms with van der Waals surface area (Å²) < 4.78 is 17.4. The Morgan fingerprint density at radius 3 is 2.02 bits per heavy atom. The fourth-order valence-electron chi connectivity index (χ4n) is 6.05. The summed E-state index contributed by atoms with van der Waals surface area (Å²) in [5, 5.41) is 0. The largest absolute Gasteiger partial charge is 0.457 e. The number of imidazole rings is 2. The predicted molar refractivity (Wildman–Crippen MR) is 178 cm³/mol. The quantitative estimate of drug-likeness (QED) is 0.217. The van der Waals surface area contributed by atoms with Crippen LogP contribution in [0.4, 0.5) is 9.59 Å². The average Bonchev–Trinajstić information content (AvgIpc) is 3.82. The van der Waals surface area contributed by atoms with Crippen LogP contribution in [-0.2, 0) is 9.47 Å². The Morgan fingerprint density at radius 1 is 0.787 bits per heavy atom. The summed E-state index contributed by atoms with van der Waals surface area (Å²) in [6, 6.07) is 15.3. The van der Waals surface area contributed by atoms with E-state index in [1.54, 1.807) is 16.0 Å². The molecule has 4 aromatic rings. The molecule has 2 amide bonds. The van der Waals surface area contributed by atoms with Crippen molar-refractivity contribution in [3.05, 3.63) is 72.6 Å². The number of nitrogens with one attached hydrogen (secondary N) is 2. The van der Waals surface area contributed by atoms with E-state index in [-0.39, 0.29) is 24.3 Å². The van der Waals surface area contributed by atoms with Crippen LogP contribution in [0, 0.1) is 0 Å². The SMILES string of the molecule is CC(C)(C)OC(=O)N1CCCC1c1nc(-c2cccc(Oc3ccc(-c4cnc(C5CCCN5C(=O)OC(C)(C)C)[nH]4)cc3)c2)c[nH]1. The van der Waals surface area contributed by atoms with Crippen LogP contribution < -0.4 is 4.74 Å². The van der Waals surface area contributed by atoms with Crippen molar-refractivity contribution in [2.75, 3.05) is 13.1 Å². The van der Waals surface area contributed by atoms with E-state index in [2.05, 4.69) is 15.0 Å². The number of likely N-dealkylation sites (tertiary alicyclic amines) is 2. The number of ether oxygens (including phenoxy) is 3. The molecule has 2 saturated heterocycles. The first-order valence-electron chi connectivity index (χ1n) is 16.3. The van der Waals surface area contributed by atoms with E-state index in [0.29, 0.717) is 24.6 Å². The summed E-state index contributed by atoms with van der Waals surface area (Å²) in [7, 11) is 0. The lowest BCUT2D eigenvalue weighted by molar-refractivity contribution is 0.0208. The fraction of sp³-hybridized carbons (Fsp3) is 0.444. The normalized spacial score (nSPS) is 18.4. The van der Waals surface area contributed by atoms with Crippen LogP contribution in [0.3, 0.4) is 0 Å². The number of nitrogens with zero attached hydrogens (tertiary/aromatic N) is 4. The third-order valence-corrected chi connectivity index (χ3v) is 8.12. The highest BCUT2D eigenvalue weighted by atomic mass is 16.6. The summed E-state index contributed by atoms with van der Waals surface area (Å²) >= 11 is 0. The van der Waals surface area contributed by atoms with E-state index >= 15 is 0 Å². The van der Waals surface area contributed by atoms with Crippen molar-refractivity contribution < 1.29 is 23.8 Å². The van der Waals surface area contributed by atoms with Gasteiger partial charge in [-0.3, -0.25) is 9.80 Å². The van der Waals surface area contributed by atoms with Gasteiger partial charge in [0.25, 0.3) is 0 Å². The lowest BCUT2D eigenvalue weighted by atomic mass is 10.1. The lowest BCUT2D eigenvalue weighted by Gasteiger charge is -2.27. The van der Waals surface area contributed by atoms with Gasteiger partial charge >= 0.3 is 12.2 Å². The number of hydrogen-bond donors (Lipinski definition) is 2. The van der Waals surface area contributed by atoms with Crippen molar-refractivity contribution in [1.29, 1.82) is 0 Å². The molecule has 0 radical (unpaired) electrons. The number of amides is 2. The van der Waals surface area contributed by atoms with E-state index in [9.17, 15) is 9.59 Å². The molecule has 6 rings (SSSR count). The zero-order valence-electron chi connectivity index (χ0n) is 28.0. The minimum atomic E-state index is -0.552. The van der Waals surface area contributed by atoms with Crippen molar-refractivity contribution in [3.8, 4) is 34.0 Å². The Hall–Kier alpha value is -4.80. The van der Waals surface area contributed by atoms with Crippen molar-refractivity contribution in [2.24, 2.45) is 0 Å². The first kappa shape index (κ1) is 32.2. The van der Waals surface area contributed by atoms with Gasteiger partial charge < -0.3 is 24.2 Å². The Balaban J connectivity index is 1.10. The van der Waals surface area contributed by atoms with Gasteiger partial charge in [-0.25, -0.2) is 19.6 Å². The molecule has 0 saturated carbocycles. The zero-order valence-corrected chi connectivity index (χ0v) is 28.0. The number of benzene rings is 2. The van der Waals surface area contributed by atoms with Crippen molar-refractivity contribution >= 4 is 12.2 Å². The van der Waals surface area contributed by atoms with Crippen molar-refractivity contribution in [3.63, 3.8) is 0 Å². The minimum Gasteiger partial charge on any atom is -0.457 e. The van der Waals surface area contributed by atoms with Crippen molar-refractivity contribution in [2.45, 2.75) is 90.5 Å². The number of hydrogen-bond acceptors (Lipinski definition) is 7. The van der Waals surface area contributed by atoms with Crippen molar-refractivity contribution in [1.82, 2.24) is 29.7 Å². The van der Waals surface area contributed by atoms with Crippen LogP contribution in [-0.4, -0.2) is 66.2 Å². The molecule has 2 aliphatic rings. The highest BCUT2D eigenvalue weighted by Gasteiger charge is 2.36. The summed E-state index contributed by atoms with van der Waals surface area (Å²) in [5.74, 6) is 2.88. The summed E-state index contributed by atoms with van der Waals surface area (Å²) in [4.78, 5) is 45.2. The second-order valence-corrected chi connectivity index (χ2v) is 14.2. The zero-order chi connectivity index (χ0) is 33.3. The maximum atomic E-state index is 12.8. The standard InChI is InChI=1S/C36H44N6O5/c1-35(2,3)46-33(43)41-18-8-12-29(41)31-37-21-27(39-31)23-14-16-25(17-15-23)45-26-11-7-10-24(20-26)28-22-38-32(40-28)30-13-9-19-42(30)34(44)47-36(4,5)6/h7,10-11,14-17,20-22,29-30H,8-9,12-13,18-19H2,1-6H3,(H,37,39)(H,38,40). The predicted octanol–water partition coefficient (Wildman–Crippen LogP) is 8.40. The lowest BCUT2D eigenvalue weighted by Crippen LogP contribution is -2.36. The topological polar surface area (TPSA) is 126 Å². The molecule has 2 aromatic carbocycles. The number of carbonyl (C=O) groups excluding carboxylic acids is 2. The smallest absolute Gasteiger partial charge is 0.410 e. The molecule has 248 valence electrons. The van der Waals surface area contributed by atoms with Crippen LogP contribution in [0.15, 0.2) is 60.9 Å². The number of carbonyl (C=O) groups is 2. The molecular formula is C36H44N6O5. The van der Waals surface area contributed by atoms with Gasteiger partial charge in [0.05, 0.1) is 29.7 Å². The summed E-state index contributed by atoms with van der Waals surface area (Å²) in [6.07, 6.45) is 6.51. The van der Waals surface area contributed by atoms with Gasteiger partial charge in [0.2, 0.25) is 0 Å². The Labute approximate surface area is 275 Å². The van der Waals surface area contributed by atoms with Gasteiger partial charge in [-0.15, -0.1) is 0 Å². The molecule has 0 spiro atoms. The molecular weight excluding hydrogens is 596 g/mol. The second-order valence-electron chi connectivity index (χ2n) is 14.2. The molecule has 2 aliphatic heterocycles. The maximum absolute atomic E-state index is 12.8. The van der Waals surface area contributed by atoms with Crippen LogP contribution in [0.2, 0.25) is 0 Å². The van der Waals surface area contributed by atoms with E-state index < -0.39 is 11.2 Å². The van der Waals surface area contributed by atoms with E-state index in [0.717, 1.165) is 59.8 Å². The number of aromatic nitrogens is 4. The third-order valence-electron chi connectivity index (χ3n) is 8.12. The Morgan fingerprint density at radius 2 is 1.40 bits per heavy atom. The Kier molecular flexibility index (Phi) is 8.74. The van der Waals surface area contributed by atoms with Gasteiger partial charge in [0.1, 0.15) is 34.3 Å². The molecule has 4 heterocycles. The van der Waals surface area contributed by atoms with Gasteiger partial charge in [-0.05, 0) is 109 Å². The van der Waals surface area contributed by atoms with Gasteiger partial charge in [-0.2, -0.15) is 0 Å². The highest BCUT2D eigenvalue weighted by molar-refractivity contribution is 5.70. The van der Waals surface area contributed by atoms with Crippen LogP contribution in [0.1, 0.15) is 91.0 Å². The first-order chi connectivity index (χ1) is 22.3. The molecule has 47 heavy (non-hydrogen) atoms. The van der Waals surface area contributed by atoms with Gasteiger partial charge in [0.15, 0.2) is 0 Å². The molecule has 11 nitrogen and oxygen atoms in total. The Bertz CT molecular complexity index is 1710. The molecule has 2 aromatic heterocycles. The van der Waals surface area contributed by atoms with Crippen LogP contribution >= 0.6 is 0 Å². The minimum absolute atomic E-state index is 0.138. The summed E-state index contributed by atoms with van der Waals surface area (Å²) in [6.45, 7) is 12.5. The van der Waals surface area contributed by atoms with E-state index in [1.807, 2.05) is 96.3 Å². The molecule has 11 heteroatoms. The number of H-pyrrole nitrogens is 2. The third kappa shape index (κ3) is 7.61. The van der Waals surface area contributed by atoms with Gasteiger partial charge in [-0.1, -0.05) is 12.1 Å². The highest BCUT2D eigenvalue weighted by Crippen LogP contribution is 2.35. The molecule has 2 atom stereocenters. The molecule has 2 fully saturated rings. The van der Waals surface area contributed by atoms with E-state index in [4.69, 9.17) is 19.2 Å². The summed E-state index contributed by atoms with van der Waals surface area (Å²) in [5.41, 5.74) is 2.41. The number of rotatable bonds is 6. The molecule has 2 unspecified atom stereocenters. The van der Waals surface area contributed by atoms with Crippen LogP contribution in [0.5, 0.6) is 11.5 Å². The first-order valence-corrected chi connectivity index (χ1v) is 16.3. The molecule has 0 aliphatic carbocycles. The number of aromatic amines is 2. The molecule has 0 bridgehead atoms. The van der Waals surface area contributed by atoms with Crippen LogP contribution in [0.25, 0.3) is 22.5 Å². The fourth-order valence-corrected chi connectivity index (χ4v) is 6.05. The average molecular weight is 641 g/mol. The maximum Gasteiger partial charge on any atom is 0.410 e. The second kappa shape index (κ2) is 12.8. The van der Waals surface area contributed by atoms with Gasteiger partial charge in [0, 0.05) is 24.8 Å². The monoisotopic (exact) mass is 640 g/mol. The molecule has 2 N–H and O–H groups in total.